The van der Waals surface area contributed by atoms with Gasteiger partial charge in [0.25, 0.3) is 6.43 Å². The van der Waals surface area contributed by atoms with Crippen LogP contribution in [-0.4, -0.2) is 57.9 Å². The minimum Gasteiger partial charge on any atom is -0.378 e. The molecule has 1 aliphatic heterocycles. The molecule has 6 rings (SSSR count). The van der Waals surface area contributed by atoms with Crippen molar-refractivity contribution in [1.82, 2.24) is 30.2 Å². The fourth-order valence-corrected chi connectivity index (χ4v) is 6.24. The second kappa shape index (κ2) is 14.1. The number of aromatic nitrogens is 4. The summed E-state index contributed by atoms with van der Waals surface area (Å²) < 4.78 is 35.3. The van der Waals surface area contributed by atoms with Crippen LogP contribution >= 0.6 is 0 Å². The molecule has 2 fully saturated rings. The highest BCUT2D eigenvalue weighted by molar-refractivity contribution is 5.78. The van der Waals surface area contributed by atoms with E-state index in [2.05, 4.69) is 20.5 Å². The van der Waals surface area contributed by atoms with E-state index in [1.165, 1.54) is 4.57 Å². The number of hydrogen-bond acceptors (Lipinski definition) is 6. The van der Waals surface area contributed by atoms with Gasteiger partial charge in [0.05, 0.1) is 24.2 Å². The number of aryl methyl sites for hydroxylation is 1. The SMILES string of the molecule is O=C(NCc1ccccc1)NC1CCC(CCCc2nc(N3CCOCC3)cc(-n3c(C(F)F)nc4ccccc43)n2)CC1. The van der Waals surface area contributed by atoms with Crippen molar-refractivity contribution in [3.05, 3.63) is 77.9 Å². The van der Waals surface area contributed by atoms with E-state index < -0.39 is 6.43 Å². The molecular formula is C33H39F2N7O2. The van der Waals surface area contributed by atoms with Crippen molar-refractivity contribution in [2.45, 2.75) is 64.0 Å². The smallest absolute Gasteiger partial charge is 0.315 e. The first kappa shape index (κ1) is 29.9. The molecule has 3 heterocycles. The number of imidazole rings is 1. The number of morpholine rings is 1. The summed E-state index contributed by atoms with van der Waals surface area (Å²) in [4.78, 5) is 28.4. The largest absolute Gasteiger partial charge is 0.378 e. The zero-order valence-corrected chi connectivity index (χ0v) is 24.8. The second-order valence-electron chi connectivity index (χ2n) is 11.6. The maximum atomic E-state index is 14.1. The van der Waals surface area contributed by atoms with Crippen LogP contribution in [-0.2, 0) is 17.7 Å². The van der Waals surface area contributed by atoms with Crippen LogP contribution in [0.15, 0.2) is 60.7 Å². The second-order valence-corrected chi connectivity index (χ2v) is 11.6. The van der Waals surface area contributed by atoms with Crippen LogP contribution in [0.25, 0.3) is 16.9 Å². The average molecular weight is 604 g/mol. The fourth-order valence-electron chi connectivity index (χ4n) is 6.24. The topological polar surface area (TPSA) is 97.2 Å². The van der Waals surface area contributed by atoms with Gasteiger partial charge in [0.2, 0.25) is 0 Å². The van der Waals surface area contributed by atoms with E-state index in [4.69, 9.17) is 14.7 Å². The molecule has 0 spiro atoms. The van der Waals surface area contributed by atoms with Gasteiger partial charge in [-0.05, 0) is 55.7 Å². The van der Waals surface area contributed by atoms with Crippen LogP contribution < -0.4 is 15.5 Å². The molecule has 2 amide bonds. The third kappa shape index (κ3) is 7.32. The van der Waals surface area contributed by atoms with Gasteiger partial charge in [-0.15, -0.1) is 0 Å². The molecule has 4 aromatic rings. The van der Waals surface area contributed by atoms with Crippen molar-refractivity contribution >= 4 is 22.9 Å². The molecule has 0 bridgehead atoms. The van der Waals surface area contributed by atoms with E-state index in [9.17, 15) is 13.6 Å². The van der Waals surface area contributed by atoms with Gasteiger partial charge in [-0.2, -0.15) is 0 Å². The molecule has 2 aromatic heterocycles. The zero-order valence-electron chi connectivity index (χ0n) is 24.8. The number of anilines is 1. The summed E-state index contributed by atoms with van der Waals surface area (Å²) in [5.74, 6) is 2.04. The van der Waals surface area contributed by atoms with Crippen LogP contribution in [0, 0.1) is 5.92 Å². The molecule has 0 atom stereocenters. The van der Waals surface area contributed by atoms with Crippen molar-refractivity contribution in [3.8, 4) is 5.82 Å². The summed E-state index contributed by atoms with van der Waals surface area (Å²) in [7, 11) is 0. The maximum Gasteiger partial charge on any atom is 0.315 e. The summed E-state index contributed by atoms with van der Waals surface area (Å²) in [6.45, 7) is 3.07. The molecule has 9 nitrogen and oxygen atoms in total. The van der Waals surface area contributed by atoms with Gasteiger partial charge in [-0.3, -0.25) is 4.57 Å². The molecule has 232 valence electrons. The number of rotatable bonds is 10. The van der Waals surface area contributed by atoms with Gasteiger partial charge in [-0.1, -0.05) is 48.9 Å². The Balaban J connectivity index is 1.08. The minimum atomic E-state index is -2.74. The first-order valence-corrected chi connectivity index (χ1v) is 15.6. The molecule has 11 heteroatoms. The predicted molar refractivity (Wildman–Crippen MR) is 165 cm³/mol. The number of nitrogens with one attached hydrogen (secondary N) is 2. The summed E-state index contributed by atoms with van der Waals surface area (Å²) in [5.41, 5.74) is 2.18. The van der Waals surface area contributed by atoms with Crippen LogP contribution in [0.1, 0.15) is 62.2 Å². The highest BCUT2D eigenvalue weighted by Crippen LogP contribution is 2.30. The van der Waals surface area contributed by atoms with E-state index in [-0.39, 0.29) is 17.9 Å². The summed E-state index contributed by atoms with van der Waals surface area (Å²) in [6.07, 6.45) is 3.88. The van der Waals surface area contributed by atoms with Crippen molar-refractivity contribution in [2.24, 2.45) is 5.92 Å². The molecule has 2 aliphatic rings. The van der Waals surface area contributed by atoms with Crippen molar-refractivity contribution in [1.29, 1.82) is 0 Å². The molecule has 0 unspecified atom stereocenters. The quantitative estimate of drug-likeness (QED) is 0.232. The van der Waals surface area contributed by atoms with Crippen LogP contribution in [0.4, 0.5) is 19.4 Å². The van der Waals surface area contributed by atoms with Gasteiger partial charge >= 0.3 is 6.03 Å². The first-order chi connectivity index (χ1) is 21.5. The normalized spacial score (nSPS) is 18.9. The lowest BCUT2D eigenvalue weighted by Gasteiger charge is -2.29. The molecule has 2 aromatic carbocycles. The molecule has 1 saturated heterocycles. The van der Waals surface area contributed by atoms with Gasteiger partial charge in [0, 0.05) is 38.2 Å². The Morgan fingerprint density at radius 3 is 2.43 bits per heavy atom. The lowest BCUT2D eigenvalue weighted by molar-refractivity contribution is 0.122. The van der Waals surface area contributed by atoms with E-state index >= 15 is 0 Å². The number of nitrogens with zero attached hydrogens (tertiary/aromatic N) is 5. The van der Waals surface area contributed by atoms with Gasteiger partial charge < -0.3 is 20.3 Å². The highest BCUT2D eigenvalue weighted by Gasteiger charge is 2.25. The van der Waals surface area contributed by atoms with Gasteiger partial charge in [0.1, 0.15) is 17.5 Å². The number of carbonyl (C=O) groups excluding carboxylic acids is 1. The number of hydrogen-bond donors (Lipinski definition) is 2. The highest BCUT2D eigenvalue weighted by atomic mass is 19.3. The number of urea groups is 1. The Labute approximate surface area is 256 Å². The third-order valence-electron chi connectivity index (χ3n) is 8.58. The first-order valence-electron chi connectivity index (χ1n) is 15.6. The van der Waals surface area contributed by atoms with Crippen LogP contribution in [0.2, 0.25) is 0 Å². The summed E-state index contributed by atoms with van der Waals surface area (Å²) in [5, 5.41) is 6.08. The molecule has 1 aliphatic carbocycles. The Bertz CT molecular complexity index is 1530. The van der Waals surface area contributed by atoms with E-state index in [0.717, 1.165) is 49.9 Å². The Hall–Kier alpha value is -4.12. The van der Waals surface area contributed by atoms with E-state index in [1.807, 2.05) is 36.4 Å². The third-order valence-corrected chi connectivity index (χ3v) is 8.58. The lowest BCUT2D eigenvalue weighted by atomic mass is 9.83. The van der Waals surface area contributed by atoms with Gasteiger partial charge in [-0.25, -0.2) is 28.5 Å². The molecule has 0 radical (unpaired) electrons. The predicted octanol–water partition coefficient (Wildman–Crippen LogP) is 5.97. The number of amides is 2. The lowest BCUT2D eigenvalue weighted by Crippen LogP contribution is -2.43. The summed E-state index contributed by atoms with van der Waals surface area (Å²) in [6, 6.07) is 18.9. The average Bonchev–Trinajstić information content (AvgIpc) is 3.46. The molecule has 1 saturated carbocycles. The Morgan fingerprint density at radius 1 is 0.932 bits per heavy atom. The number of benzene rings is 2. The minimum absolute atomic E-state index is 0.119. The molecular weight excluding hydrogens is 564 g/mol. The number of halogens is 2. The Kier molecular flexibility index (Phi) is 9.60. The maximum absolute atomic E-state index is 14.1. The van der Waals surface area contributed by atoms with E-state index in [1.54, 1.807) is 24.3 Å². The van der Waals surface area contributed by atoms with Crippen LogP contribution in [0.5, 0.6) is 0 Å². The zero-order chi connectivity index (χ0) is 30.3. The fraction of sp³-hybridized carbons (Fsp3) is 0.455. The number of carbonyl (C=O) groups is 1. The number of ether oxygens (including phenoxy) is 1. The molecule has 44 heavy (non-hydrogen) atoms. The summed E-state index contributed by atoms with van der Waals surface area (Å²) >= 11 is 0. The standard InChI is InChI=1S/C33H39F2N7O2/c34-31(35)32-38-26-10-4-5-11-27(26)42(32)30-21-29(41-17-19-44-20-18-41)39-28(40-30)12-6-9-23-13-15-25(16-14-23)37-33(43)36-22-24-7-2-1-3-8-24/h1-5,7-8,10-11,21,23,25,31H,6,9,12-20,22H2,(H2,36,37,43). The van der Waals surface area contributed by atoms with Crippen LogP contribution in [0.3, 0.4) is 0 Å². The Morgan fingerprint density at radius 2 is 1.66 bits per heavy atom. The monoisotopic (exact) mass is 603 g/mol. The van der Waals surface area contributed by atoms with Crippen molar-refractivity contribution in [3.63, 3.8) is 0 Å². The van der Waals surface area contributed by atoms with Crippen molar-refractivity contribution in [2.75, 3.05) is 31.2 Å². The number of para-hydroxylation sites is 2. The van der Waals surface area contributed by atoms with Crippen molar-refractivity contribution < 1.29 is 18.3 Å². The number of fused-ring (bicyclic) bond motifs is 1. The number of alkyl halides is 2. The molecule has 2 N–H and O–H groups in total. The van der Waals surface area contributed by atoms with E-state index in [0.29, 0.717) is 67.9 Å². The van der Waals surface area contributed by atoms with Gasteiger partial charge in [0.15, 0.2) is 5.82 Å².